The second-order valence-corrected chi connectivity index (χ2v) is 4.74. The van der Waals surface area contributed by atoms with Gasteiger partial charge in [0.1, 0.15) is 5.75 Å². The summed E-state index contributed by atoms with van der Waals surface area (Å²) in [5.74, 6) is 0.144. The van der Waals surface area contributed by atoms with Crippen LogP contribution in [0.2, 0.25) is 0 Å². The molecule has 2 rings (SSSR count). The van der Waals surface area contributed by atoms with Gasteiger partial charge in [0.15, 0.2) is 5.78 Å². The van der Waals surface area contributed by atoms with Gasteiger partial charge in [0.05, 0.1) is 5.56 Å². The van der Waals surface area contributed by atoms with Crippen molar-refractivity contribution in [2.75, 3.05) is 0 Å². The number of rotatable bonds is 3. The van der Waals surface area contributed by atoms with Gasteiger partial charge in [0.2, 0.25) is 0 Å². The molecule has 0 aliphatic heterocycles. The Hall–Kier alpha value is -2.42. The summed E-state index contributed by atoms with van der Waals surface area (Å²) in [7, 11) is 0. The van der Waals surface area contributed by atoms with Crippen LogP contribution in [-0.4, -0.2) is 11.8 Å². The lowest BCUT2D eigenvalue weighted by Crippen LogP contribution is -2.10. The van der Waals surface area contributed by atoms with E-state index in [2.05, 4.69) is 0 Å². The molecule has 102 valence electrons. The summed E-state index contributed by atoms with van der Waals surface area (Å²) in [6, 6.07) is 12.2. The molecule has 0 atom stereocenters. The van der Waals surface area contributed by atoms with Crippen molar-refractivity contribution in [1.82, 2.24) is 0 Å². The summed E-state index contributed by atoms with van der Waals surface area (Å²) < 4.78 is 5.44. The highest BCUT2D eigenvalue weighted by Gasteiger charge is 2.12. The Morgan fingerprint density at radius 2 is 1.35 bits per heavy atom. The summed E-state index contributed by atoms with van der Waals surface area (Å²) in [5, 5.41) is 0. The topological polar surface area (TPSA) is 43.4 Å². The van der Waals surface area contributed by atoms with Gasteiger partial charge in [0.25, 0.3) is 0 Å². The van der Waals surface area contributed by atoms with Crippen LogP contribution in [-0.2, 0) is 0 Å². The molecule has 0 radical (unpaired) electrons. The predicted molar refractivity (Wildman–Crippen MR) is 77.3 cm³/mol. The molecule has 0 fully saturated rings. The van der Waals surface area contributed by atoms with Gasteiger partial charge in [-0.3, -0.25) is 4.79 Å². The minimum Gasteiger partial charge on any atom is -0.422 e. The smallest absolute Gasteiger partial charge is 0.343 e. The first kappa shape index (κ1) is 14.0. The van der Waals surface area contributed by atoms with E-state index in [-0.39, 0.29) is 5.78 Å². The van der Waals surface area contributed by atoms with Crippen molar-refractivity contribution in [1.29, 1.82) is 0 Å². The van der Waals surface area contributed by atoms with Crippen molar-refractivity contribution in [2.45, 2.75) is 20.8 Å². The number of Topliss-reactive ketones (excluding diaryl/α,β-unsaturated/α-hetero) is 1. The third-order valence-electron chi connectivity index (χ3n) is 3.13. The normalized spacial score (nSPS) is 10.2. The number of hydrogen-bond acceptors (Lipinski definition) is 3. The monoisotopic (exact) mass is 268 g/mol. The third-order valence-corrected chi connectivity index (χ3v) is 3.13. The number of hydrogen-bond donors (Lipinski definition) is 0. The maximum atomic E-state index is 12.1. The quantitative estimate of drug-likeness (QED) is 0.484. The molecule has 0 unspecified atom stereocenters. The first-order chi connectivity index (χ1) is 9.49. The Labute approximate surface area is 118 Å². The number of ether oxygens (including phenoxy) is 1. The summed E-state index contributed by atoms with van der Waals surface area (Å²) in [5.41, 5.74) is 2.84. The van der Waals surface area contributed by atoms with Gasteiger partial charge in [-0.15, -0.1) is 0 Å². The molecular formula is C17H16O3. The Balaban J connectivity index is 2.22. The molecule has 0 aromatic heterocycles. The van der Waals surface area contributed by atoms with Gasteiger partial charge in [-0.05, 0) is 44.0 Å². The molecule has 0 saturated carbocycles. The number of carbonyl (C=O) groups is 2. The van der Waals surface area contributed by atoms with E-state index in [4.69, 9.17) is 4.74 Å². The van der Waals surface area contributed by atoms with Crippen LogP contribution in [0.25, 0.3) is 0 Å². The van der Waals surface area contributed by atoms with Crippen LogP contribution < -0.4 is 4.74 Å². The van der Waals surface area contributed by atoms with E-state index in [1.54, 1.807) is 24.3 Å². The number of carbonyl (C=O) groups excluding carboxylic acids is 2. The van der Waals surface area contributed by atoms with Crippen molar-refractivity contribution in [3.05, 3.63) is 64.7 Å². The molecule has 0 aliphatic carbocycles. The molecule has 0 amide bonds. The second-order valence-electron chi connectivity index (χ2n) is 4.74. The fourth-order valence-electron chi connectivity index (χ4n) is 1.95. The average Bonchev–Trinajstić information content (AvgIpc) is 2.43. The van der Waals surface area contributed by atoms with E-state index in [0.29, 0.717) is 16.9 Å². The molecule has 20 heavy (non-hydrogen) atoms. The molecule has 0 saturated heterocycles. The highest BCUT2D eigenvalue weighted by Crippen LogP contribution is 2.23. The Bertz CT molecular complexity index is 634. The van der Waals surface area contributed by atoms with Crippen molar-refractivity contribution in [3.8, 4) is 5.75 Å². The van der Waals surface area contributed by atoms with Crippen LogP contribution in [0.1, 0.15) is 38.8 Å². The minimum absolute atomic E-state index is 0.0281. The highest BCUT2D eigenvalue weighted by molar-refractivity contribution is 5.96. The molecule has 0 bridgehead atoms. The molecule has 3 heteroatoms. The van der Waals surface area contributed by atoms with E-state index in [9.17, 15) is 9.59 Å². The van der Waals surface area contributed by atoms with E-state index < -0.39 is 5.97 Å². The lowest BCUT2D eigenvalue weighted by molar-refractivity contribution is 0.0731. The van der Waals surface area contributed by atoms with E-state index in [1.165, 1.54) is 6.92 Å². The standard InChI is InChI=1S/C17H16O3/c1-11-5-4-6-12(2)16(11)20-17(19)15-9-7-14(8-10-15)13(3)18/h4-10H,1-3H3. The maximum absolute atomic E-state index is 12.1. The van der Waals surface area contributed by atoms with Gasteiger partial charge < -0.3 is 4.74 Å². The molecule has 3 nitrogen and oxygen atoms in total. The van der Waals surface area contributed by atoms with Gasteiger partial charge in [-0.2, -0.15) is 0 Å². The Kier molecular flexibility index (Phi) is 3.99. The van der Waals surface area contributed by atoms with Crippen molar-refractivity contribution >= 4 is 11.8 Å². The molecule has 0 N–H and O–H groups in total. The number of para-hydroxylation sites is 1. The van der Waals surface area contributed by atoms with Gasteiger partial charge in [-0.25, -0.2) is 4.79 Å². The summed E-state index contributed by atoms with van der Waals surface area (Å²) in [4.78, 5) is 23.3. The lowest BCUT2D eigenvalue weighted by Gasteiger charge is -2.10. The Morgan fingerprint density at radius 1 is 0.850 bits per heavy atom. The van der Waals surface area contributed by atoms with Crippen LogP contribution >= 0.6 is 0 Å². The Morgan fingerprint density at radius 3 is 1.85 bits per heavy atom. The molecule has 2 aromatic rings. The first-order valence-corrected chi connectivity index (χ1v) is 6.38. The molecular weight excluding hydrogens is 252 g/mol. The fraction of sp³-hybridized carbons (Fsp3) is 0.176. The van der Waals surface area contributed by atoms with Gasteiger partial charge in [-0.1, -0.05) is 30.3 Å². The zero-order valence-electron chi connectivity index (χ0n) is 11.8. The largest absolute Gasteiger partial charge is 0.422 e. The van der Waals surface area contributed by atoms with Crippen LogP contribution in [0.5, 0.6) is 5.75 Å². The van der Waals surface area contributed by atoms with Crippen LogP contribution in [0.15, 0.2) is 42.5 Å². The number of aryl methyl sites for hydroxylation is 2. The van der Waals surface area contributed by atoms with Crippen molar-refractivity contribution in [2.24, 2.45) is 0 Å². The highest BCUT2D eigenvalue weighted by atomic mass is 16.5. The van der Waals surface area contributed by atoms with Gasteiger partial charge >= 0.3 is 5.97 Å². The van der Waals surface area contributed by atoms with Crippen molar-refractivity contribution < 1.29 is 14.3 Å². The lowest BCUT2D eigenvalue weighted by atomic mass is 10.1. The zero-order chi connectivity index (χ0) is 14.7. The van der Waals surface area contributed by atoms with Gasteiger partial charge in [0, 0.05) is 5.56 Å². The van der Waals surface area contributed by atoms with E-state index in [0.717, 1.165) is 11.1 Å². The average molecular weight is 268 g/mol. The molecule has 0 aliphatic rings. The molecule has 0 heterocycles. The van der Waals surface area contributed by atoms with E-state index >= 15 is 0 Å². The van der Waals surface area contributed by atoms with Crippen molar-refractivity contribution in [3.63, 3.8) is 0 Å². The summed E-state index contributed by atoms with van der Waals surface area (Å²) >= 11 is 0. The molecule has 0 spiro atoms. The molecule has 2 aromatic carbocycles. The summed E-state index contributed by atoms with van der Waals surface area (Å²) in [6.07, 6.45) is 0. The van der Waals surface area contributed by atoms with Crippen LogP contribution in [0.3, 0.4) is 0 Å². The second kappa shape index (κ2) is 5.70. The number of esters is 1. The first-order valence-electron chi connectivity index (χ1n) is 6.38. The zero-order valence-corrected chi connectivity index (χ0v) is 11.8. The number of ketones is 1. The van der Waals surface area contributed by atoms with Crippen LogP contribution in [0.4, 0.5) is 0 Å². The fourth-order valence-corrected chi connectivity index (χ4v) is 1.95. The van der Waals surface area contributed by atoms with Crippen LogP contribution in [0, 0.1) is 13.8 Å². The predicted octanol–water partition coefficient (Wildman–Crippen LogP) is 3.73. The van der Waals surface area contributed by atoms with E-state index in [1.807, 2.05) is 32.0 Å². The SMILES string of the molecule is CC(=O)c1ccc(C(=O)Oc2c(C)cccc2C)cc1. The third kappa shape index (κ3) is 2.94. The summed E-state index contributed by atoms with van der Waals surface area (Å²) in [6.45, 7) is 5.28. The minimum atomic E-state index is -0.419. The maximum Gasteiger partial charge on any atom is 0.343 e. The number of benzene rings is 2.